The summed E-state index contributed by atoms with van der Waals surface area (Å²) in [6, 6.07) is 4.41. The Morgan fingerprint density at radius 1 is 1.38 bits per heavy atom. The normalized spacial score (nSPS) is 16.5. The van der Waals surface area contributed by atoms with E-state index in [9.17, 15) is 5.26 Å². The van der Waals surface area contributed by atoms with Crippen LogP contribution in [0.2, 0.25) is 5.28 Å². The van der Waals surface area contributed by atoms with Crippen LogP contribution in [0.1, 0.15) is 38.1 Å². The van der Waals surface area contributed by atoms with E-state index in [2.05, 4.69) is 21.1 Å². The number of rotatable bonds is 4. The van der Waals surface area contributed by atoms with Crippen molar-refractivity contribution in [1.82, 2.24) is 19.7 Å². The number of thiophene rings is 1. The summed E-state index contributed by atoms with van der Waals surface area (Å²) in [6.07, 6.45) is 9.15. The molecule has 1 aliphatic rings. The average molecular weight is 358 g/mol. The van der Waals surface area contributed by atoms with E-state index in [0.717, 1.165) is 21.5 Å². The highest BCUT2D eigenvalue weighted by Gasteiger charge is 2.27. The molecule has 4 rings (SSSR count). The van der Waals surface area contributed by atoms with Gasteiger partial charge in [-0.15, -0.1) is 11.3 Å². The van der Waals surface area contributed by atoms with Gasteiger partial charge in [-0.05, 0) is 41.8 Å². The van der Waals surface area contributed by atoms with Crippen LogP contribution in [0.4, 0.5) is 0 Å². The summed E-state index contributed by atoms with van der Waals surface area (Å²) >= 11 is 7.66. The molecule has 0 radical (unpaired) electrons. The van der Waals surface area contributed by atoms with E-state index in [1.807, 2.05) is 28.5 Å². The minimum absolute atomic E-state index is 0.141. The summed E-state index contributed by atoms with van der Waals surface area (Å²) in [5.74, 6) is 0.535. The molecule has 0 saturated heterocycles. The van der Waals surface area contributed by atoms with Crippen LogP contribution in [0.3, 0.4) is 0 Å². The van der Waals surface area contributed by atoms with Gasteiger partial charge >= 0.3 is 0 Å². The van der Waals surface area contributed by atoms with Crippen molar-refractivity contribution in [2.75, 3.05) is 0 Å². The largest absolute Gasteiger partial charge is 0.268 e. The van der Waals surface area contributed by atoms with E-state index in [-0.39, 0.29) is 11.3 Å². The maximum atomic E-state index is 9.20. The number of hydrogen-bond acceptors (Lipinski definition) is 5. The Labute approximate surface area is 148 Å². The fourth-order valence-corrected chi connectivity index (χ4v) is 4.60. The third-order valence-electron chi connectivity index (χ3n) is 4.74. The third-order valence-corrected chi connectivity index (χ3v) is 5.81. The molecular formula is C17H16ClN5S. The Morgan fingerprint density at radius 2 is 2.21 bits per heavy atom. The lowest BCUT2D eigenvalue weighted by molar-refractivity contribution is 0.315. The van der Waals surface area contributed by atoms with Crippen LogP contribution in [0.15, 0.2) is 23.8 Å². The van der Waals surface area contributed by atoms with E-state index in [0.29, 0.717) is 12.3 Å². The van der Waals surface area contributed by atoms with Crippen molar-refractivity contribution in [2.45, 2.75) is 38.1 Å². The zero-order valence-corrected chi connectivity index (χ0v) is 14.6. The third kappa shape index (κ3) is 2.79. The van der Waals surface area contributed by atoms with Gasteiger partial charge in [-0.1, -0.05) is 12.8 Å². The number of fused-ring (bicyclic) bond motifs is 1. The van der Waals surface area contributed by atoms with Gasteiger partial charge in [0.15, 0.2) is 0 Å². The number of hydrogen-bond donors (Lipinski definition) is 0. The lowest BCUT2D eigenvalue weighted by Gasteiger charge is -2.21. The Balaban J connectivity index is 1.73. The number of aromatic nitrogens is 4. The first-order valence-electron chi connectivity index (χ1n) is 8.08. The van der Waals surface area contributed by atoms with Crippen LogP contribution in [-0.2, 0) is 0 Å². The zero-order valence-electron chi connectivity index (χ0n) is 13.0. The molecular weight excluding hydrogens is 342 g/mol. The highest BCUT2D eigenvalue weighted by atomic mass is 35.5. The Bertz CT molecular complexity index is 903. The second kappa shape index (κ2) is 6.50. The highest BCUT2D eigenvalue weighted by molar-refractivity contribution is 7.17. The minimum atomic E-state index is 0.141. The van der Waals surface area contributed by atoms with Gasteiger partial charge in [0.25, 0.3) is 0 Å². The van der Waals surface area contributed by atoms with Gasteiger partial charge in [-0.25, -0.2) is 9.97 Å². The lowest BCUT2D eigenvalue weighted by Crippen LogP contribution is -2.17. The van der Waals surface area contributed by atoms with E-state index in [1.165, 1.54) is 25.7 Å². The quantitative estimate of drug-likeness (QED) is 0.626. The molecule has 1 unspecified atom stereocenters. The van der Waals surface area contributed by atoms with Crippen molar-refractivity contribution < 1.29 is 0 Å². The number of nitriles is 1. The zero-order chi connectivity index (χ0) is 16.5. The first-order valence-corrected chi connectivity index (χ1v) is 9.34. The smallest absolute Gasteiger partial charge is 0.223 e. The second-order valence-corrected chi connectivity index (χ2v) is 7.41. The molecule has 3 heterocycles. The van der Waals surface area contributed by atoms with Crippen molar-refractivity contribution in [1.29, 1.82) is 5.26 Å². The monoisotopic (exact) mass is 357 g/mol. The van der Waals surface area contributed by atoms with Crippen molar-refractivity contribution in [2.24, 2.45) is 5.92 Å². The standard InChI is InChI=1S/C17H16ClN5S/c18-17-21-13-6-8-24-16(13)15(22-17)12-9-20-23(10-12)14(5-7-19)11-3-1-2-4-11/h6,8-11,14H,1-5H2. The SMILES string of the molecule is N#CCC(C1CCCC1)n1cc(-c2nc(Cl)nc3ccsc23)cn1. The first kappa shape index (κ1) is 15.6. The molecule has 1 saturated carbocycles. The molecule has 0 aromatic carbocycles. The van der Waals surface area contributed by atoms with E-state index >= 15 is 0 Å². The summed E-state index contributed by atoms with van der Waals surface area (Å²) in [5.41, 5.74) is 2.59. The number of halogens is 1. The van der Waals surface area contributed by atoms with Crippen LogP contribution >= 0.6 is 22.9 Å². The average Bonchev–Trinajstić information content (AvgIpc) is 3.31. The Kier molecular flexibility index (Phi) is 4.21. The summed E-state index contributed by atoms with van der Waals surface area (Å²) in [5, 5.41) is 16.0. The summed E-state index contributed by atoms with van der Waals surface area (Å²) in [4.78, 5) is 8.66. The van der Waals surface area contributed by atoms with Gasteiger partial charge in [0.2, 0.25) is 5.28 Å². The summed E-state index contributed by atoms with van der Waals surface area (Å²) in [7, 11) is 0. The van der Waals surface area contributed by atoms with Crippen molar-refractivity contribution in [3.05, 3.63) is 29.1 Å². The molecule has 1 fully saturated rings. The molecule has 5 nitrogen and oxygen atoms in total. The van der Waals surface area contributed by atoms with Crippen LogP contribution in [-0.4, -0.2) is 19.7 Å². The van der Waals surface area contributed by atoms with Crippen molar-refractivity contribution in [3.8, 4) is 17.3 Å². The molecule has 0 amide bonds. The summed E-state index contributed by atoms with van der Waals surface area (Å²) in [6.45, 7) is 0. The fourth-order valence-electron chi connectivity index (χ4n) is 3.58. The molecule has 3 aromatic heterocycles. The van der Waals surface area contributed by atoms with E-state index in [1.54, 1.807) is 11.3 Å². The van der Waals surface area contributed by atoms with Gasteiger partial charge in [0, 0.05) is 11.8 Å². The van der Waals surface area contributed by atoms with Gasteiger partial charge in [0.05, 0.1) is 40.6 Å². The van der Waals surface area contributed by atoms with Crippen LogP contribution < -0.4 is 0 Å². The van der Waals surface area contributed by atoms with E-state index < -0.39 is 0 Å². The maximum absolute atomic E-state index is 9.20. The van der Waals surface area contributed by atoms with Crippen LogP contribution in [0.5, 0.6) is 0 Å². The summed E-state index contributed by atoms with van der Waals surface area (Å²) < 4.78 is 2.96. The predicted octanol–water partition coefficient (Wildman–Crippen LogP) is 4.85. The minimum Gasteiger partial charge on any atom is -0.268 e. The van der Waals surface area contributed by atoms with Crippen LogP contribution in [0, 0.1) is 17.2 Å². The molecule has 0 aliphatic heterocycles. The molecule has 0 spiro atoms. The van der Waals surface area contributed by atoms with Gasteiger partial charge < -0.3 is 0 Å². The molecule has 0 N–H and O–H groups in total. The Morgan fingerprint density at radius 3 is 3.00 bits per heavy atom. The number of nitrogens with zero attached hydrogens (tertiary/aromatic N) is 5. The van der Waals surface area contributed by atoms with Crippen molar-refractivity contribution >= 4 is 33.2 Å². The van der Waals surface area contributed by atoms with Crippen LogP contribution in [0.25, 0.3) is 21.5 Å². The molecule has 1 aliphatic carbocycles. The van der Waals surface area contributed by atoms with Crippen molar-refractivity contribution in [3.63, 3.8) is 0 Å². The fraction of sp³-hybridized carbons (Fsp3) is 0.412. The first-order chi connectivity index (χ1) is 11.8. The maximum Gasteiger partial charge on any atom is 0.223 e. The Hall–Kier alpha value is -1.97. The van der Waals surface area contributed by atoms with Gasteiger partial charge in [-0.2, -0.15) is 10.4 Å². The molecule has 24 heavy (non-hydrogen) atoms. The molecule has 1 atom stereocenters. The highest BCUT2D eigenvalue weighted by Crippen LogP contribution is 2.37. The van der Waals surface area contributed by atoms with E-state index in [4.69, 9.17) is 11.6 Å². The topological polar surface area (TPSA) is 67.4 Å². The second-order valence-electron chi connectivity index (χ2n) is 6.16. The molecule has 0 bridgehead atoms. The molecule has 122 valence electrons. The molecule has 3 aromatic rings. The lowest BCUT2D eigenvalue weighted by atomic mass is 9.96. The van der Waals surface area contributed by atoms with Gasteiger partial charge in [0.1, 0.15) is 0 Å². The predicted molar refractivity (Wildman–Crippen MR) is 94.9 cm³/mol. The van der Waals surface area contributed by atoms with Gasteiger partial charge in [-0.3, -0.25) is 4.68 Å². The molecule has 7 heteroatoms.